The van der Waals surface area contributed by atoms with Gasteiger partial charge in [0.05, 0.1) is 0 Å². The van der Waals surface area contributed by atoms with E-state index < -0.39 is 20.3 Å². The lowest BCUT2D eigenvalue weighted by Gasteiger charge is -2.70. The van der Waals surface area contributed by atoms with Crippen molar-refractivity contribution in [2.45, 2.75) is 149 Å². The average molecular weight is 480 g/mol. The second kappa shape index (κ2) is 7.95. The summed E-state index contributed by atoms with van der Waals surface area (Å²) in [5, 5.41) is -0.502. The Labute approximate surface area is 205 Å². The maximum atomic E-state index is 7.39. The Bertz CT molecular complexity index is 681. The summed E-state index contributed by atoms with van der Waals surface area (Å²) in [7, 11) is 10.0. The predicted molar refractivity (Wildman–Crippen MR) is 149 cm³/mol. The lowest BCUT2D eigenvalue weighted by Crippen LogP contribution is -2.68. The first kappa shape index (κ1) is 29.1. The van der Waals surface area contributed by atoms with E-state index in [1.807, 2.05) is 0 Å². The first-order chi connectivity index (χ1) is 13.8. The molecule has 3 saturated carbocycles. The molecule has 2 bridgehead atoms. The van der Waals surface area contributed by atoms with Crippen LogP contribution in [-0.2, 0) is 9.05 Å². The molecule has 3 fully saturated rings. The summed E-state index contributed by atoms with van der Waals surface area (Å²) in [6.07, 6.45) is 2.15. The van der Waals surface area contributed by atoms with Crippen molar-refractivity contribution in [1.29, 1.82) is 0 Å². The van der Waals surface area contributed by atoms with Crippen LogP contribution in [-0.4, -0.2) is 47.5 Å². The van der Waals surface area contributed by atoms with Gasteiger partial charge >= 0.3 is 0 Å². The van der Waals surface area contributed by atoms with Crippen molar-refractivity contribution in [3.05, 3.63) is 0 Å². The molecule has 3 aliphatic rings. The molecule has 3 aliphatic carbocycles. The van der Waals surface area contributed by atoms with Crippen LogP contribution < -0.4 is 0 Å². The van der Waals surface area contributed by atoms with Gasteiger partial charge in [-0.15, -0.1) is 14.7 Å². The Morgan fingerprint density at radius 3 is 1.34 bits per heavy atom. The van der Waals surface area contributed by atoms with Gasteiger partial charge in [-0.05, 0) is 114 Å². The van der Waals surface area contributed by atoms with E-state index in [9.17, 15) is 0 Å². The monoisotopic (exact) mass is 480 g/mol. The Morgan fingerprint density at radius 1 is 0.656 bits per heavy atom. The van der Waals surface area contributed by atoms with Crippen LogP contribution in [0.15, 0.2) is 0 Å². The molecule has 184 valence electrons. The Morgan fingerprint density at radius 2 is 1.03 bits per heavy atom. The Balaban J connectivity index is 2.62. The lowest BCUT2D eigenvalue weighted by molar-refractivity contribution is -0.225. The van der Waals surface area contributed by atoms with Gasteiger partial charge in [0, 0.05) is 26.5 Å². The normalized spacial score (nSPS) is 32.0. The summed E-state index contributed by atoms with van der Waals surface area (Å²) in [4.78, 5) is 0. The minimum atomic E-state index is -2.33. The van der Waals surface area contributed by atoms with Crippen molar-refractivity contribution in [3.8, 4) is 0 Å². The highest BCUT2D eigenvalue weighted by atomic mass is 31.2. The molecule has 6 heteroatoms. The van der Waals surface area contributed by atoms with Crippen LogP contribution >= 0.6 is 14.7 Å². The first-order valence-corrected chi connectivity index (χ1v) is 16.1. The summed E-state index contributed by atoms with van der Waals surface area (Å²) >= 11 is 0. The van der Waals surface area contributed by atoms with Crippen LogP contribution in [0, 0.1) is 17.3 Å². The smallest absolute Gasteiger partial charge is 0.136 e. The first-order valence-electron chi connectivity index (χ1n) is 12.5. The molecule has 4 atom stereocenters. The maximum Gasteiger partial charge on any atom is 0.136 e. The van der Waals surface area contributed by atoms with Gasteiger partial charge in [0.15, 0.2) is 0 Å². The molecular weight excluding hydrogens is 428 g/mol. The van der Waals surface area contributed by atoms with Gasteiger partial charge in [0.25, 0.3) is 0 Å². The molecule has 0 aromatic heterocycles. The van der Waals surface area contributed by atoms with E-state index in [4.69, 9.17) is 24.2 Å². The molecule has 0 spiro atoms. The van der Waals surface area contributed by atoms with Crippen molar-refractivity contribution in [3.63, 3.8) is 0 Å². The average Bonchev–Trinajstić information content (AvgIpc) is 2.51. The molecular formula is C26H52B2O2P2. The van der Waals surface area contributed by atoms with Crippen LogP contribution in [0.3, 0.4) is 0 Å². The molecule has 0 aromatic carbocycles. The molecule has 3 rings (SSSR count). The fourth-order valence-electron chi connectivity index (χ4n) is 6.49. The Hall–Kier alpha value is 0.910. The fourth-order valence-corrected chi connectivity index (χ4v) is 13.3. The van der Waals surface area contributed by atoms with Crippen LogP contribution in [0.1, 0.15) is 117 Å². The van der Waals surface area contributed by atoms with E-state index in [0.29, 0.717) is 11.8 Å². The third kappa shape index (κ3) is 4.33. The highest BCUT2D eigenvalue weighted by Gasteiger charge is 2.69. The number of hydrogen-bond donors (Lipinski definition) is 0. The zero-order chi connectivity index (χ0) is 25.6. The van der Waals surface area contributed by atoms with E-state index in [1.54, 1.807) is 0 Å². The predicted octanol–water partition coefficient (Wildman–Crippen LogP) is 8.44. The minimum absolute atomic E-state index is 0.0383. The fraction of sp³-hybridized carbons (Fsp3) is 1.00. The van der Waals surface area contributed by atoms with E-state index in [0.717, 1.165) is 6.42 Å². The van der Waals surface area contributed by atoms with E-state index in [2.05, 4.69) is 104 Å². The second-order valence-corrected chi connectivity index (χ2v) is 23.8. The topological polar surface area (TPSA) is 18.5 Å². The second-order valence-electron chi connectivity index (χ2n) is 15.4. The maximum absolute atomic E-state index is 7.39. The van der Waals surface area contributed by atoms with Crippen molar-refractivity contribution >= 4 is 29.9 Å². The summed E-state index contributed by atoms with van der Waals surface area (Å²) in [5.41, 5.74) is -0.225. The van der Waals surface area contributed by atoms with Gasteiger partial charge in [-0.1, -0.05) is 13.8 Å². The number of rotatable bonds is 4. The van der Waals surface area contributed by atoms with Crippen LogP contribution in [0.4, 0.5) is 0 Å². The van der Waals surface area contributed by atoms with E-state index >= 15 is 0 Å². The lowest BCUT2D eigenvalue weighted by atomic mass is 9.43. The van der Waals surface area contributed by atoms with Gasteiger partial charge in [0.2, 0.25) is 0 Å². The molecule has 0 aromatic rings. The minimum Gasteiger partial charge on any atom is -0.286 e. The van der Waals surface area contributed by atoms with Crippen LogP contribution in [0.25, 0.3) is 0 Å². The Kier molecular flexibility index (Phi) is 7.24. The SMILES string of the molecule is [B-][P+](O[C@H]1C[C@H]2C[C@H](C2(C)C)[C@@]1(C)O[P+]([B-])(C(C)(C)C)C(C)(C)C)(C(C)(C)C)C(C)(C)C. The van der Waals surface area contributed by atoms with Gasteiger partial charge in [-0.25, -0.2) is 0 Å². The van der Waals surface area contributed by atoms with Crippen molar-refractivity contribution < 1.29 is 9.05 Å². The van der Waals surface area contributed by atoms with E-state index in [1.165, 1.54) is 6.42 Å². The van der Waals surface area contributed by atoms with Crippen molar-refractivity contribution in [1.82, 2.24) is 0 Å². The standard InChI is InChI=1S/C26H52B2O2P2/c1-21(2,3)31(27,22(4,5)6)29-20-17-18-16-19(25(18,13)14)26(20,15)30-32(28,23(7,8)9)24(10,11)12/h18-20H,16-17H2,1-15H3/t18-,19-,20+,26-/m1/s1. The zero-order valence-corrected chi connectivity index (χ0v) is 25.8. The van der Waals surface area contributed by atoms with Gasteiger partial charge in [-0.3, -0.25) is 24.2 Å². The number of fused-ring (bicyclic) bond motifs is 2. The third-order valence-electron chi connectivity index (χ3n) is 8.92. The van der Waals surface area contributed by atoms with Gasteiger partial charge in [0.1, 0.15) is 11.7 Å². The van der Waals surface area contributed by atoms with Gasteiger partial charge < -0.3 is 0 Å². The highest BCUT2D eigenvalue weighted by Crippen LogP contribution is 2.81. The van der Waals surface area contributed by atoms with Crippen LogP contribution in [0.5, 0.6) is 0 Å². The third-order valence-corrected chi connectivity index (χ3v) is 18.2. The summed E-state index contributed by atoms with van der Waals surface area (Å²) < 4.78 is 14.6. The van der Waals surface area contributed by atoms with Gasteiger partial charge in [-0.2, -0.15) is 0 Å². The summed E-state index contributed by atoms with van der Waals surface area (Å²) in [6, 6.07) is 0. The summed E-state index contributed by atoms with van der Waals surface area (Å²) in [5.74, 6) is 1.07. The molecule has 6 radical (unpaired) electrons. The molecule has 0 aliphatic heterocycles. The summed E-state index contributed by atoms with van der Waals surface area (Å²) in [6.45, 7) is 34.0. The molecule has 2 nitrogen and oxygen atoms in total. The van der Waals surface area contributed by atoms with Crippen molar-refractivity contribution in [2.75, 3.05) is 0 Å². The van der Waals surface area contributed by atoms with Crippen LogP contribution in [0.2, 0.25) is 0 Å². The number of hydrogen-bond acceptors (Lipinski definition) is 2. The quantitative estimate of drug-likeness (QED) is 0.297. The molecule has 32 heavy (non-hydrogen) atoms. The molecule has 0 amide bonds. The van der Waals surface area contributed by atoms with E-state index in [-0.39, 0.29) is 32.1 Å². The molecule has 0 saturated heterocycles. The highest BCUT2D eigenvalue weighted by molar-refractivity contribution is 7.96. The zero-order valence-electron chi connectivity index (χ0n) is 24.0. The molecule has 0 heterocycles. The molecule has 0 N–H and O–H groups in total. The largest absolute Gasteiger partial charge is 0.286 e. The van der Waals surface area contributed by atoms with Crippen molar-refractivity contribution in [2.24, 2.45) is 17.3 Å². The molecule has 0 unspecified atom stereocenters.